The van der Waals surface area contributed by atoms with Crippen molar-refractivity contribution in [2.75, 3.05) is 25.6 Å². The second-order valence-electron chi connectivity index (χ2n) is 7.29. The maximum atomic E-state index is 12.3. The smallest absolute Gasteiger partial charge is 0.190 e. The predicted molar refractivity (Wildman–Crippen MR) is 123 cm³/mol. The second kappa shape index (κ2) is 13.0. The molecular formula is C23H31ClN4O3. The molecule has 0 aliphatic carbocycles. The summed E-state index contributed by atoms with van der Waals surface area (Å²) >= 11 is 5.93. The fourth-order valence-electron chi connectivity index (χ4n) is 3.05. The highest BCUT2D eigenvalue weighted by molar-refractivity contribution is 6.30. The van der Waals surface area contributed by atoms with E-state index in [2.05, 4.69) is 22.1 Å². The van der Waals surface area contributed by atoms with E-state index in [4.69, 9.17) is 32.2 Å². The van der Waals surface area contributed by atoms with Gasteiger partial charge in [-0.1, -0.05) is 30.2 Å². The summed E-state index contributed by atoms with van der Waals surface area (Å²) in [5, 5.41) is 8.24. The number of carbonyl (C=O) groups excluding carboxylic acids is 1. The summed E-state index contributed by atoms with van der Waals surface area (Å²) in [5.41, 5.74) is 7.93. The van der Waals surface area contributed by atoms with Crippen LogP contribution in [-0.2, 0) is 11.2 Å². The Morgan fingerprint density at radius 2 is 1.87 bits per heavy atom. The second-order valence-corrected chi connectivity index (χ2v) is 7.65. The number of anilines is 1. The van der Waals surface area contributed by atoms with E-state index < -0.39 is 0 Å². The minimum absolute atomic E-state index is 0.0109. The van der Waals surface area contributed by atoms with Gasteiger partial charge in [-0.25, -0.2) is 9.97 Å². The first-order chi connectivity index (χ1) is 14.9. The molecule has 1 aromatic heterocycles. The van der Waals surface area contributed by atoms with Crippen LogP contribution >= 0.6 is 11.6 Å². The molecule has 0 saturated heterocycles. The molecular weight excluding hydrogens is 416 g/mol. The Bertz CT molecular complexity index is 872. The van der Waals surface area contributed by atoms with Gasteiger partial charge in [0.2, 0.25) is 0 Å². The average Bonchev–Trinajstić information content (AvgIpc) is 2.74. The lowest BCUT2D eigenvalue weighted by Gasteiger charge is -2.08. The van der Waals surface area contributed by atoms with Crippen LogP contribution in [0.2, 0.25) is 5.15 Å². The molecule has 1 heterocycles. The van der Waals surface area contributed by atoms with Crippen LogP contribution in [-0.4, -0.2) is 41.3 Å². The number of benzene rings is 1. The summed E-state index contributed by atoms with van der Waals surface area (Å²) < 4.78 is 10.9. The lowest BCUT2D eigenvalue weighted by Crippen LogP contribution is -2.13. The van der Waals surface area contributed by atoms with Crippen LogP contribution in [0.1, 0.15) is 60.8 Å². The first-order valence-electron chi connectivity index (χ1n) is 10.6. The maximum absolute atomic E-state index is 12.3. The Morgan fingerprint density at radius 1 is 1.13 bits per heavy atom. The lowest BCUT2D eigenvalue weighted by molar-refractivity contribution is 0.0996. The van der Waals surface area contributed by atoms with Crippen LogP contribution in [0.4, 0.5) is 5.82 Å². The van der Waals surface area contributed by atoms with Gasteiger partial charge in [0, 0.05) is 12.3 Å². The van der Waals surface area contributed by atoms with Gasteiger partial charge >= 0.3 is 0 Å². The molecule has 0 unspecified atom stereocenters. The highest BCUT2D eigenvalue weighted by Crippen LogP contribution is 2.18. The van der Waals surface area contributed by atoms with Crippen molar-refractivity contribution in [1.82, 2.24) is 9.97 Å². The molecule has 168 valence electrons. The van der Waals surface area contributed by atoms with Crippen LogP contribution in [0, 0.1) is 12.3 Å². The molecule has 0 amide bonds. The number of nitrogens with zero attached hydrogens (tertiary/aromatic N) is 2. The molecule has 0 spiro atoms. The number of carbonyl (C=O) groups is 1. The number of nitrogens with two attached hydrogens (primary N) is 1. The molecule has 3 N–H and O–H groups in total. The van der Waals surface area contributed by atoms with Gasteiger partial charge in [0.15, 0.2) is 22.4 Å². The summed E-state index contributed by atoms with van der Waals surface area (Å²) in [4.78, 5) is 20.4. The number of Topliss-reactive ketones (excluding diaryl/α,β-unsaturated/α-hetero) is 1. The maximum Gasteiger partial charge on any atom is 0.190 e. The standard InChI is InChI=1S/C23H31ClN4O3/c1-3-30-13-14-31-19-11-9-17(10-12-19)7-5-4-6-8-18(25)15-20(29)21-23(26)27-16(2)22(24)28-21/h9-12,25H,3-8,13-15H2,1-2H3,(H2,26,27). The SMILES string of the molecule is CCOCCOc1ccc(CCCCCC(=N)CC(=O)c2nc(Cl)c(C)nc2N)cc1. The molecule has 31 heavy (non-hydrogen) atoms. The van der Waals surface area contributed by atoms with E-state index in [1.54, 1.807) is 6.92 Å². The van der Waals surface area contributed by atoms with Crippen molar-refractivity contribution >= 4 is 28.9 Å². The molecule has 8 heteroatoms. The highest BCUT2D eigenvalue weighted by Gasteiger charge is 2.17. The van der Waals surface area contributed by atoms with Gasteiger partial charge in [-0.3, -0.25) is 4.79 Å². The van der Waals surface area contributed by atoms with Gasteiger partial charge < -0.3 is 20.6 Å². The third-order valence-corrected chi connectivity index (χ3v) is 5.10. The summed E-state index contributed by atoms with van der Waals surface area (Å²) in [6.07, 6.45) is 4.41. The van der Waals surface area contributed by atoms with Crippen molar-refractivity contribution < 1.29 is 14.3 Å². The van der Waals surface area contributed by atoms with Crippen LogP contribution in [0.15, 0.2) is 24.3 Å². The van der Waals surface area contributed by atoms with Crippen molar-refractivity contribution in [3.63, 3.8) is 0 Å². The number of nitrogens with one attached hydrogen (secondary N) is 1. The number of ketones is 1. The molecule has 0 atom stereocenters. The van der Waals surface area contributed by atoms with Crippen LogP contribution in [0.5, 0.6) is 5.75 Å². The zero-order valence-electron chi connectivity index (χ0n) is 18.2. The first kappa shape index (κ1) is 24.8. The summed E-state index contributed by atoms with van der Waals surface area (Å²) in [5.74, 6) is 0.590. The highest BCUT2D eigenvalue weighted by atomic mass is 35.5. The molecule has 0 bridgehead atoms. The van der Waals surface area contributed by atoms with E-state index in [9.17, 15) is 4.79 Å². The Labute approximate surface area is 188 Å². The number of hydrogen-bond donors (Lipinski definition) is 2. The molecule has 0 radical (unpaired) electrons. The fraction of sp³-hybridized carbons (Fsp3) is 0.478. The van der Waals surface area contributed by atoms with Crippen molar-refractivity contribution in [3.05, 3.63) is 46.4 Å². The number of rotatable bonds is 14. The van der Waals surface area contributed by atoms with E-state index in [0.717, 1.165) is 31.4 Å². The van der Waals surface area contributed by atoms with E-state index in [1.807, 2.05) is 19.1 Å². The van der Waals surface area contributed by atoms with Gasteiger partial charge in [0.25, 0.3) is 0 Å². The topological polar surface area (TPSA) is 111 Å². The van der Waals surface area contributed by atoms with Crippen molar-refractivity contribution in [1.29, 1.82) is 5.41 Å². The summed E-state index contributed by atoms with van der Waals surface area (Å²) in [7, 11) is 0. The molecule has 1 aromatic carbocycles. The predicted octanol–water partition coefficient (Wildman–Crippen LogP) is 4.83. The fourth-order valence-corrected chi connectivity index (χ4v) is 3.17. The monoisotopic (exact) mass is 446 g/mol. The van der Waals surface area contributed by atoms with Crippen LogP contribution < -0.4 is 10.5 Å². The van der Waals surface area contributed by atoms with E-state index in [1.165, 1.54) is 5.56 Å². The third-order valence-electron chi connectivity index (χ3n) is 4.75. The Balaban J connectivity index is 1.64. The van der Waals surface area contributed by atoms with Crippen LogP contribution in [0.3, 0.4) is 0 Å². The van der Waals surface area contributed by atoms with E-state index in [0.29, 0.717) is 37.6 Å². The number of halogens is 1. The lowest BCUT2D eigenvalue weighted by atomic mass is 10.0. The Hall–Kier alpha value is -2.51. The minimum Gasteiger partial charge on any atom is -0.491 e. The number of aryl methyl sites for hydroxylation is 2. The number of nitrogen functional groups attached to an aromatic ring is 1. The number of ether oxygens (including phenoxy) is 2. The van der Waals surface area contributed by atoms with Gasteiger partial charge in [-0.15, -0.1) is 0 Å². The van der Waals surface area contributed by atoms with Gasteiger partial charge in [-0.05, 0) is 57.2 Å². The zero-order valence-corrected chi connectivity index (χ0v) is 19.0. The molecule has 0 fully saturated rings. The first-order valence-corrected chi connectivity index (χ1v) is 11.0. The average molecular weight is 447 g/mol. The van der Waals surface area contributed by atoms with Crippen LogP contribution in [0.25, 0.3) is 0 Å². The van der Waals surface area contributed by atoms with Crippen molar-refractivity contribution in [3.8, 4) is 5.75 Å². The Morgan fingerprint density at radius 3 is 2.58 bits per heavy atom. The van der Waals surface area contributed by atoms with Gasteiger partial charge in [-0.2, -0.15) is 0 Å². The largest absolute Gasteiger partial charge is 0.491 e. The van der Waals surface area contributed by atoms with E-state index in [-0.39, 0.29) is 28.9 Å². The van der Waals surface area contributed by atoms with Gasteiger partial charge in [0.05, 0.1) is 18.7 Å². The van der Waals surface area contributed by atoms with Crippen molar-refractivity contribution in [2.45, 2.75) is 52.4 Å². The quantitative estimate of drug-likeness (QED) is 0.244. The number of unbranched alkanes of at least 4 members (excludes halogenated alkanes) is 2. The molecule has 2 aromatic rings. The summed E-state index contributed by atoms with van der Waals surface area (Å²) in [6, 6.07) is 8.12. The molecule has 2 rings (SSSR count). The molecule has 0 aliphatic rings. The molecule has 0 saturated carbocycles. The Kier molecular flexibility index (Phi) is 10.4. The van der Waals surface area contributed by atoms with Gasteiger partial charge in [0.1, 0.15) is 12.4 Å². The zero-order chi connectivity index (χ0) is 22.6. The minimum atomic E-state index is -0.319. The normalized spacial score (nSPS) is 10.8. The molecule has 7 nitrogen and oxygen atoms in total. The molecule has 0 aliphatic heterocycles. The van der Waals surface area contributed by atoms with E-state index >= 15 is 0 Å². The number of hydrogen-bond acceptors (Lipinski definition) is 7. The number of aromatic nitrogens is 2. The third kappa shape index (κ3) is 8.63. The van der Waals surface area contributed by atoms with Crippen molar-refractivity contribution in [2.24, 2.45) is 0 Å². The summed E-state index contributed by atoms with van der Waals surface area (Å²) in [6.45, 7) is 5.48.